The predicted octanol–water partition coefficient (Wildman–Crippen LogP) is 1.77. The molecule has 3 rings (SSSR count). The average molecular weight is 422 g/mol. The molecule has 1 saturated heterocycles. The van der Waals surface area contributed by atoms with Crippen LogP contribution in [-0.4, -0.2) is 44.5 Å². The Kier molecular flexibility index (Phi) is 8.24. The normalized spacial score (nSPS) is 14.7. The van der Waals surface area contributed by atoms with E-state index in [1.165, 1.54) is 22.2 Å². The first kappa shape index (κ1) is 22.6. The molecule has 0 atom stereocenters. The van der Waals surface area contributed by atoms with E-state index in [2.05, 4.69) is 66.0 Å². The number of nitrogens with zero attached hydrogens (tertiary/aromatic N) is 1. The minimum absolute atomic E-state index is 0.166. The number of hydrogen-bond donors (Lipinski definition) is 3. The minimum atomic E-state index is -0.342. The molecule has 1 aliphatic rings. The average Bonchev–Trinajstić information content (AvgIpc) is 2.81. The summed E-state index contributed by atoms with van der Waals surface area (Å²) in [5.41, 5.74) is 8.42. The number of quaternary nitrogens is 1. The maximum absolute atomic E-state index is 12.1. The van der Waals surface area contributed by atoms with E-state index >= 15 is 0 Å². The first-order chi connectivity index (χ1) is 15.0. The highest BCUT2D eigenvalue weighted by Crippen LogP contribution is 2.15. The molecule has 6 heteroatoms. The van der Waals surface area contributed by atoms with E-state index in [4.69, 9.17) is 0 Å². The SMILES string of the molecule is CC(C)c1ccc(/C=C/C(=O)NNC(=O)CC[NH+]2CCN(c3ccccc3)CC2)cc1. The molecule has 0 radical (unpaired) electrons. The Labute approximate surface area is 184 Å². The van der Waals surface area contributed by atoms with E-state index in [1.54, 1.807) is 6.08 Å². The number of benzene rings is 2. The van der Waals surface area contributed by atoms with Gasteiger partial charge in [-0.2, -0.15) is 0 Å². The van der Waals surface area contributed by atoms with Crippen LogP contribution in [0.1, 0.15) is 37.3 Å². The van der Waals surface area contributed by atoms with Crippen molar-refractivity contribution in [3.8, 4) is 0 Å². The van der Waals surface area contributed by atoms with Crippen molar-refractivity contribution in [2.45, 2.75) is 26.2 Å². The van der Waals surface area contributed by atoms with Crippen molar-refractivity contribution >= 4 is 23.6 Å². The lowest BCUT2D eigenvalue weighted by molar-refractivity contribution is -0.900. The first-order valence-corrected chi connectivity index (χ1v) is 11.0. The number of carbonyl (C=O) groups excluding carboxylic acids is 2. The Balaban J connectivity index is 1.32. The highest BCUT2D eigenvalue weighted by Gasteiger charge is 2.20. The molecule has 2 amide bonds. The molecule has 2 aromatic rings. The van der Waals surface area contributed by atoms with Crippen LogP contribution in [0, 0.1) is 0 Å². The standard InChI is InChI=1S/C25H32N4O2/c1-20(2)22-11-8-21(9-12-22)10-13-24(30)26-27-25(31)14-15-28-16-18-29(19-17-28)23-6-4-3-5-7-23/h3-13,20H,14-19H2,1-2H3,(H,26,30)(H,27,31)/p+1/b13-10+. The number of amides is 2. The number of hydrazine groups is 1. The summed E-state index contributed by atoms with van der Waals surface area (Å²) in [4.78, 5) is 27.8. The third-order valence-corrected chi connectivity index (χ3v) is 5.65. The Morgan fingerprint density at radius 3 is 2.32 bits per heavy atom. The second-order valence-electron chi connectivity index (χ2n) is 8.26. The maximum atomic E-state index is 12.1. The molecule has 0 aliphatic carbocycles. The van der Waals surface area contributed by atoms with Gasteiger partial charge in [-0.3, -0.25) is 20.4 Å². The van der Waals surface area contributed by atoms with Gasteiger partial charge >= 0.3 is 0 Å². The fraction of sp³-hybridized carbons (Fsp3) is 0.360. The molecular formula is C25H33N4O2+. The van der Waals surface area contributed by atoms with Crippen LogP contribution in [0.4, 0.5) is 5.69 Å². The second-order valence-corrected chi connectivity index (χ2v) is 8.26. The van der Waals surface area contributed by atoms with Crippen LogP contribution in [-0.2, 0) is 9.59 Å². The molecule has 1 heterocycles. The van der Waals surface area contributed by atoms with Gasteiger partial charge in [0, 0.05) is 11.8 Å². The minimum Gasteiger partial charge on any atom is -0.360 e. The summed E-state index contributed by atoms with van der Waals surface area (Å²) in [6.07, 6.45) is 3.56. The summed E-state index contributed by atoms with van der Waals surface area (Å²) < 4.78 is 0. The summed E-state index contributed by atoms with van der Waals surface area (Å²) in [5.74, 6) is -0.0303. The molecule has 3 N–H and O–H groups in total. The number of piperazine rings is 1. The van der Waals surface area contributed by atoms with Gasteiger partial charge in [-0.1, -0.05) is 56.3 Å². The van der Waals surface area contributed by atoms with Crippen LogP contribution >= 0.6 is 0 Å². The number of nitrogens with one attached hydrogen (secondary N) is 3. The van der Waals surface area contributed by atoms with Crippen molar-refractivity contribution in [1.82, 2.24) is 10.9 Å². The third kappa shape index (κ3) is 7.26. The van der Waals surface area contributed by atoms with Crippen LogP contribution in [0.25, 0.3) is 6.08 Å². The lowest BCUT2D eigenvalue weighted by atomic mass is 10.0. The van der Waals surface area contributed by atoms with Crippen molar-refractivity contribution in [2.75, 3.05) is 37.6 Å². The van der Waals surface area contributed by atoms with Gasteiger partial charge in [-0.25, -0.2) is 0 Å². The molecular weight excluding hydrogens is 388 g/mol. The molecule has 0 unspecified atom stereocenters. The zero-order chi connectivity index (χ0) is 22.1. The number of rotatable bonds is 7. The fourth-order valence-corrected chi connectivity index (χ4v) is 3.66. The van der Waals surface area contributed by atoms with Crippen LogP contribution in [0.3, 0.4) is 0 Å². The predicted molar refractivity (Wildman–Crippen MR) is 125 cm³/mol. The molecule has 2 aromatic carbocycles. The van der Waals surface area contributed by atoms with Crippen molar-refractivity contribution in [3.05, 3.63) is 71.8 Å². The smallest absolute Gasteiger partial charge is 0.262 e. The van der Waals surface area contributed by atoms with Crippen LogP contribution in [0.15, 0.2) is 60.7 Å². The topological polar surface area (TPSA) is 65.9 Å². The molecule has 6 nitrogen and oxygen atoms in total. The van der Waals surface area contributed by atoms with Gasteiger partial charge in [0.15, 0.2) is 0 Å². The van der Waals surface area contributed by atoms with Gasteiger partial charge in [0.05, 0.1) is 39.1 Å². The van der Waals surface area contributed by atoms with Crippen molar-refractivity contribution < 1.29 is 14.5 Å². The van der Waals surface area contributed by atoms with E-state index in [0.717, 1.165) is 38.3 Å². The van der Waals surface area contributed by atoms with Crippen LogP contribution in [0.2, 0.25) is 0 Å². The van der Waals surface area contributed by atoms with Gasteiger partial charge in [-0.15, -0.1) is 0 Å². The highest BCUT2D eigenvalue weighted by molar-refractivity contribution is 5.93. The van der Waals surface area contributed by atoms with Gasteiger partial charge in [0.25, 0.3) is 5.91 Å². The lowest BCUT2D eigenvalue weighted by Crippen LogP contribution is -3.15. The van der Waals surface area contributed by atoms with E-state index in [0.29, 0.717) is 12.3 Å². The van der Waals surface area contributed by atoms with Crippen LogP contribution in [0.5, 0.6) is 0 Å². The molecule has 0 saturated carbocycles. The van der Waals surface area contributed by atoms with Crippen molar-refractivity contribution in [2.24, 2.45) is 0 Å². The summed E-state index contributed by atoms with van der Waals surface area (Å²) in [7, 11) is 0. The zero-order valence-corrected chi connectivity index (χ0v) is 18.4. The monoisotopic (exact) mass is 421 g/mol. The van der Waals surface area contributed by atoms with E-state index in [1.807, 2.05) is 18.2 Å². The first-order valence-electron chi connectivity index (χ1n) is 11.0. The molecule has 0 bridgehead atoms. The highest BCUT2D eigenvalue weighted by atomic mass is 16.2. The molecule has 31 heavy (non-hydrogen) atoms. The second kappa shape index (κ2) is 11.3. The molecule has 0 spiro atoms. The Morgan fingerprint density at radius 2 is 1.68 bits per heavy atom. The molecule has 0 aromatic heterocycles. The molecule has 1 fully saturated rings. The van der Waals surface area contributed by atoms with Crippen molar-refractivity contribution in [1.29, 1.82) is 0 Å². The Bertz CT molecular complexity index is 870. The molecule has 1 aliphatic heterocycles. The number of para-hydroxylation sites is 1. The van der Waals surface area contributed by atoms with Gasteiger partial charge < -0.3 is 9.80 Å². The van der Waals surface area contributed by atoms with Crippen molar-refractivity contribution in [3.63, 3.8) is 0 Å². The van der Waals surface area contributed by atoms with Gasteiger partial charge in [-0.05, 0) is 35.3 Å². The zero-order valence-electron chi connectivity index (χ0n) is 18.4. The summed E-state index contributed by atoms with van der Waals surface area (Å²) >= 11 is 0. The third-order valence-electron chi connectivity index (χ3n) is 5.65. The van der Waals surface area contributed by atoms with E-state index in [-0.39, 0.29) is 11.8 Å². The van der Waals surface area contributed by atoms with Crippen LogP contribution < -0.4 is 20.7 Å². The summed E-state index contributed by atoms with van der Waals surface area (Å²) in [6, 6.07) is 18.5. The van der Waals surface area contributed by atoms with E-state index < -0.39 is 0 Å². The molecule has 164 valence electrons. The Hall–Kier alpha value is -3.12. The quantitative estimate of drug-likeness (QED) is 0.472. The van der Waals surface area contributed by atoms with Gasteiger partial charge in [0.1, 0.15) is 0 Å². The number of hydrogen-bond acceptors (Lipinski definition) is 3. The number of carbonyl (C=O) groups is 2. The fourth-order valence-electron chi connectivity index (χ4n) is 3.66. The largest absolute Gasteiger partial charge is 0.360 e. The van der Waals surface area contributed by atoms with Gasteiger partial charge in [0.2, 0.25) is 5.91 Å². The van der Waals surface area contributed by atoms with E-state index in [9.17, 15) is 9.59 Å². The number of anilines is 1. The maximum Gasteiger partial charge on any atom is 0.262 e. The summed E-state index contributed by atoms with van der Waals surface area (Å²) in [6.45, 7) is 9.05. The Morgan fingerprint density at radius 1 is 1.00 bits per heavy atom. The lowest BCUT2D eigenvalue weighted by Gasteiger charge is -2.33. The summed E-state index contributed by atoms with van der Waals surface area (Å²) in [5, 5.41) is 0.